The molecule has 0 aromatic carbocycles. The largest absolute Gasteiger partial charge is 0.462 e. The SMILES string of the molecule is CC/C=C\C/C=C\C/C=C\CCCCCCCCC(=O)OCC(COC(=O)CCCCCCC/C=C\C=C/CCCCCCCCC)OC(=O)CCC/C=C\C/C=C\C/C=C\C/C=C\CCCCC. The van der Waals surface area contributed by atoms with Crippen molar-refractivity contribution in [3.63, 3.8) is 0 Å². The van der Waals surface area contributed by atoms with Gasteiger partial charge in [0.1, 0.15) is 13.2 Å². The van der Waals surface area contributed by atoms with E-state index < -0.39 is 6.10 Å². The molecule has 0 amide bonds. The Balaban J connectivity index is 4.53. The highest BCUT2D eigenvalue weighted by Crippen LogP contribution is 2.13. The van der Waals surface area contributed by atoms with Crippen LogP contribution in [-0.2, 0) is 28.6 Å². The topological polar surface area (TPSA) is 78.9 Å². The Morgan fingerprint density at radius 3 is 1.04 bits per heavy atom. The van der Waals surface area contributed by atoms with Crippen LogP contribution in [0.25, 0.3) is 0 Å². The summed E-state index contributed by atoms with van der Waals surface area (Å²) in [6.45, 7) is 6.43. The number of hydrogen-bond acceptors (Lipinski definition) is 6. The fourth-order valence-electron chi connectivity index (χ4n) is 7.50. The number of unbranched alkanes of at least 4 members (excludes halogenated alkanes) is 22. The minimum Gasteiger partial charge on any atom is -0.462 e. The van der Waals surface area contributed by atoms with Crippen LogP contribution in [0.15, 0.2) is 109 Å². The zero-order valence-electron chi connectivity index (χ0n) is 44.8. The van der Waals surface area contributed by atoms with E-state index in [1.54, 1.807) is 0 Å². The summed E-state index contributed by atoms with van der Waals surface area (Å²) in [6, 6.07) is 0. The van der Waals surface area contributed by atoms with Gasteiger partial charge < -0.3 is 14.2 Å². The summed E-state index contributed by atoms with van der Waals surface area (Å²) in [4.78, 5) is 38.1. The third-order valence-electron chi connectivity index (χ3n) is 11.8. The van der Waals surface area contributed by atoms with Crippen molar-refractivity contribution in [2.45, 2.75) is 258 Å². The van der Waals surface area contributed by atoms with Crippen molar-refractivity contribution >= 4 is 17.9 Å². The zero-order chi connectivity index (χ0) is 50.0. The molecule has 0 bridgehead atoms. The molecule has 0 aliphatic heterocycles. The molecule has 0 aromatic rings. The summed E-state index contributed by atoms with van der Waals surface area (Å²) >= 11 is 0. The number of allylic oxidation sites excluding steroid dienone is 18. The molecule has 6 heteroatoms. The summed E-state index contributed by atoms with van der Waals surface area (Å²) in [5, 5.41) is 0. The maximum atomic E-state index is 12.8. The molecule has 0 saturated carbocycles. The van der Waals surface area contributed by atoms with Crippen LogP contribution >= 0.6 is 0 Å². The van der Waals surface area contributed by atoms with E-state index in [4.69, 9.17) is 14.2 Å². The van der Waals surface area contributed by atoms with Crippen LogP contribution in [0.4, 0.5) is 0 Å². The van der Waals surface area contributed by atoms with E-state index in [-0.39, 0.29) is 37.5 Å². The van der Waals surface area contributed by atoms with Crippen molar-refractivity contribution < 1.29 is 28.6 Å². The molecule has 6 nitrogen and oxygen atoms in total. The average molecular weight is 958 g/mol. The lowest BCUT2D eigenvalue weighted by Gasteiger charge is -2.18. The molecule has 0 fully saturated rings. The molecule has 0 spiro atoms. The Bertz CT molecular complexity index is 1420. The van der Waals surface area contributed by atoms with Crippen molar-refractivity contribution in [3.05, 3.63) is 109 Å². The lowest BCUT2D eigenvalue weighted by Crippen LogP contribution is -2.30. The van der Waals surface area contributed by atoms with Crippen molar-refractivity contribution in [3.8, 4) is 0 Å². The summed E-state index contributed by atoms with van der Waals surface area (Å²) in [5.41, 5.74) is 0. The maximum absolute atomic E-state index is 12.8. The van der Waals surface area contributed by atoms with Crippen molar-refractivity contribution in [2.75, 3.05) is 13.2 Å². The number of hydrogen-bond donors (Lipinski definition) is 0. The molecule has 0 aliphatic rings. The smallest absolute Gasteiger partial charge is 0.306 e. The highest BCUT2D eigenvalue weighted by molar-refractivity contribution is 5.71. The second kappa shape index (κ2) is 56.7. The van der Waals surface area contributed by atoms with Gasteiger partial charge in [-0.2, -0.15) is 0 Å². The van der Waals surface area contributed by atoms with Gasteiger partial charge in [-0.3, -0.25) is 14.4 Å². The van der Waals surface area contributed by atoms with Gasteiger partial charge in [-0.25, -0.2) is 0 Å². The second-order valence-corrected chi connectivity index (χ2v) is 18.5. The summed E-state index contributed by atoms with van der Waals surface area (Å²) in [5.74, 6) is -0.997. The Morgan fingerprint density at radius 1 is 0.319 bits per heavy atom. The summed E-state index contributed by atoms with van der Waals surface area (Å²) in [7, 11) is 0. The first-order chi connectivity index (χ1) is 34.0. The van der Waals surface area contributed by atoms with E-state index in [1.807, 2.05) is 0 Å². The number of esters is 3. The first kappa shape index (κ1) is 65.1. The molecule has 0 aromatic heterocycles. The van der Waals surface area contributed by atoms with Crippen LogP contribution in [0.3, 0.4) is 0 Å². The quantitative estimate of drug-likeness (QED) is 0.0199. The lowest BCUT2D eigenvalue weighted by atomic mass is 10.1. The van der Waals surface area contributed by atoms with Gasteiger partial charge in [0, 0.05) is 19.3 Å². The van der Waals surface area contributed by atoms with E-state index in [2.05, 4.69) is 130 Å². The highest BCUT2D eigenvalue weighted by atomic mass is 16.6. The Kier molecular flexibility index (Phi) is 53.4. The second-order valence-electron chi connectivity index (χ2n) is 18.5. The molecule has 392 valence electrons. The minimum absolute atomic E-state index is 0.113. The van der Waals surface area contributed by atoms with Gasteiger partial charge in [-0.1, -0.05) is 226 Å². The van der Waals surface area contributed by atoms with E-state index in [1.165, 1.54) is 89.9 Å². The van der Waals surface area contributed by atoms with Gasteiger partial charge in [0.25, 0.3) is 0 Å². The lowest BCUT2D eigenvalue weighted by molar-refractivity contribution is -0.167. The van der Waals surface area contributed by atoms with Gasteiger partial charge in [0.05, 0.1) is 0 Å². The predicted molar refractivity (Wildman–Crippen MR) is 297 cm³/mol. The summed E-state index contributed by atoms with van der Waals surface area (Å²) < 4.78 is 16.8. The zero-order valence-corrected chi connectivity index (χ0v) is 44.8. The van der Waals surface area contributed by atoms with Gasteiger partial charge in [-0.05, 0) is 116 Å². The molecule has 0 aliphatic carbocycles. The Hall–Kier alpha value is -3.93. The molecule has 0 heterocycles. The Labute approximate surface area is 425 Å². The van der Waals surface area contributed by atoms with Crippen molar-refractivity contribution in [1.29, 1.82) is 0 Å². The number of carbonyl (C=O) groups excluding carboxylic acids is 3. The first-order valence-corrected chi connectivity index (χ1v) is 28.4. The fraction of sp³-hybridized carbons (Fsp3) is 0.667. The summed E-state index contributed by atoms with van der Waals surface area (Å²) in [6.07, 6.45) is 76.5. The van der Waals surface area contributed by atoms with E-state index in [0.717, 1.165) is 116 Å². The number of ether oxygens (including phenoxy) is 3. The fourth-order valence-corrected chi connectivity index (χ4v) is 7.50. The van der Waals surface area contributed by atoms with Crippen LogP contribution in [0.1, 0.15) is 252 Å². The molecular weight excluding hydrogens is 853 g/mol. The van der Waals surface area contributed by atoms with Crippen molar-refractivity contribution in [2.24, 2.45) is 0 Å². The molecule has 0 radical (unpaired) electrons. The normalized spacial score (nSPS) is 12.9. The number of carbonyl (C=O) groups is 3. The standard InChI is InChI=1S/C63H104O6/c1-4-7-10-13-16-19-22-25-28-31-33-35-38-41-44-47-50-53-56-62(65)68-59-60(58-67-61(64)55-52-49-46-43-40-37-34-30-27-24-21-18-15-12-9-6-3)69-63(66)57-54-51-48-45-42-39-36-32-29-26-23-20-17-14-11-8-5-2/h9,12,17-18,20-21,26-31,33,35-36,39,45,48,60H,4-8,10-11,13-16,19,22-25,32,34,37-38,40-44,46-47,49-59H2,1-3H3/b12-9-,20-17-,21-18-,29-26-,30-27-,31-28-,35-33-,39-36-,48-45-. The van der Waals surface area contributed by atoms with E-state index in [0.29, 0.717) is 19.3 Å². The molecule has 1 unspecified atom stereocenters. The van der Waals surface area contributed by atoms with Gasteiger partial charge >= 0.3 is 17.9 Å². The van der Waals surface area contributed by atoms with Gasteiger partial charge in [0.15, 0.2) is 6.10 Å². The maximum Gasteiger partial charge on any atom is 0.306 e. The van der Waals surface area contributed by atoms with Gasteiger partial charge in [0.2, 0.25) is 0 Å². The average Bonchev–Trinajstić information content (AvgIpc) is 3.35. The van der Waals surface area contributed by atoms with Gasteiger partial charge in [-0.15, -0.1) is 0 Å². The minimum atomic E-state index is -0.821. The molecule has 0 N–H and O–H groups in total. The van der Waals surface area contributed by atoms with Crippen LogP contribution in [0.2, 0.25) is 0 Å². The molecule has 1 atom stereocenters. The third kappa shape index (κ3) is 54.9. The van der Waals surface area contributed by atoms with E-state index in [9.17, 15) is 14.4 Å². The van der Waals surface area contributed by atoms with Crippen molar-refractivity contribution in [1.82, 2.24) is 0 Å². The molecule has 0 rings (SSSR count). The van der Waals surface area contributed by atoms with Crippen LogP contribution in [-0.4, -0.2) is 37.2 Å². The van der Waals surface area contributed by atoms with Crippen LogP contribution in [0.5, 0.6) is 0 Å². The first-order valence-electron chi connectivity index (χ1n) is 28.4. The monoisotopic (exact) mass is 957 g/mol. The third-order valence-corrected chi connectivity index (χ3v) is 11.8. The predicted octanol–water partition coefficient (Wildman–Crippen LogP) is 19.1. The number of rotatable bonds is 50. The molecular formula is C63H104O6. The van der Waals surface area contributed by atoms with Crippen LogP contribution < -0.4 is 0 Å². The van der Waals surface area contributed by atoms with E-state index >= 15 is 0 Å². The highest BCUT2D eigenvalue weighted by Gasteiger charge is 2.19. The Morgan fingerprint density at radius 2 is 0.623 bits per heavy atom. The van der Waals surface area contributed by atoms with Crippen LogP contribution in [0, 0.1) is 0 Å². The molecule has 0 saturated heterocycles. The molecule has 69 heavy (non-hydrogen) atoms.